The number of nitrogens with one attached hydrogen (secondary N) is 1. The van der Waals surface area contributed by atoms with Gasteiger partial charge in [0, 0.05) is 23.5 Å². The standard InChI is InChI=1S/C16H27NO2S2/c1-2-3-4-5-6-7-8-17-16(19)15-12(9-18)13-10-20-11-14(13)21-15/h9,12-15H,2-8,10-11H2,1H3,(H,17,19). The first-order chi connectivity index (χ1) is 10.3. The molecule has 0 radical (unpaired) electrons. The van der Waals surface area contributed by atoms with Crippen LogP contribution in [0.15, 0.2) is 0 Å². The van der Waals surface area contributed by atoms with Crippen LogP contribution in [0.3, 0.4) is 0 Å². The minimum atomic E-state index is -0.140. The maximum absolute atomic E-state index is 12.3. The van der Waals surface area contributed by atoms with Gasteiger partial charge < -0.3 is 10.1 Å². The summed E-state index contributed by atoms with van der Waals surface area (Å²) in [6, 6.07) is 0. The molecule has 0 aromatic heterocycles. The second-order valence-corrected chi connectivity index (χ2v) is 8.53. The van der Waals surface area contributed by atoms with Gasteiger partial charge in [0.1, 0.15) is 6.29 Å². The second kappa shape index (κ2) is 9.09. The van der Waals surface area contributed by atoms with E-state index >= 15 is 0 Å². The van der Waals surface area contributed by atoms with Crippen molar-refractivity contribution in [1.82, 2.24) is 5.32 Å². The minimum absolute atomic E-state index is 0.0699. The Balaban J connectivity index is 1.65. The summed E-state index contributed by atoms with van der Waals surface area (Å²) >= 11 is 3.65. The monoisotopic (exact) mass is 329 g/mol. The summed E-state index contributed by atoms with van der Waals surface area (Å²) in [7, 11) is 0. The molecule has 0 aliphatic carbocycles. The van der Waals surface area contributed by atoms with E-state index in [0.717, 1.165) is 30.8 Å². The SMILES string of the molecule is CCCCCCCCNC(=O)C1SC2CSCC2C1C=O. The Morgan fingerprint density at radius 1 is 1.19 bits per heavy atom. The summed E-state index contributed by atoms with van der Waals surface area (Å²) in [5, 5.41) is 3.41. The fraction of sp³-hybridized carbons (Fsp3) is 0.875. The van der Waals surface area contributed by atoms with Gasteiger partial charge in [-0.05, 0) is 18.1 Å². The van der Waals surface area contributed by atoms with Gasteiger partial charge in [-0.25, -0.2) is 0 Å². The maximum atomic E-state index is 12.3. The number of carbonyl (C=O) groups is 2. The van der Waals surface area contributed by atoms with Crippen LogP contribution in [-0.4, -0.2) is 40.7 Å². The first-order valence-electron chi connectivity index (χ1n) is 8.24. The molecular formula is C16H27NO2S2. The van der Waals surface area contributed by atoms with Crippen LogP contribution in [-0.2, 0) is 9.59 Å². The summed E-state index contributed by atoms with van der Waals surface area (Å²) in [6.45, 7) is 2.98. The molecule has 0 aromatic rings. The minimum Gasteiger partial charge on any atom is -0.355 e. The Morgan fingerprint density at radius 3 is 2.71 bits per heavy atom. The zero-order chi connectivity index (χ0) is 15.1. The predicted molar refractivity (Wildman–Crippen MR) is 91.9 cm³/mol. The van der Waals surface area contributed by atoms with Crippen LogP contribution >= 0.6 is 23.5 Å². The van der Waals surface area contributed by atoms with Gasteiger partial charge in [-0.2, -0.15) is 11.8 Å². The zero-order valence-corrected chi connectivity index (χ0v) is 14.5. The van der Waals surface area contributed by atoms with Crippen LogP contribution in [0, 0.1) is 11.8 Å². The van der Waals surface area contributed by atoms with Crippen LogP contribution in [0.25, 0.3) is 0 Å². The Labute approximate surface area is 136 Å². The first-order valence-corrected chi connectivity index (χ1v) is 10.3. The molecule has 0 spiro atoms. The molecule has 3 nitrogen and oxygen atoms in total. The molecule has 2 aliphatic heterocycles. The quantitative estimate of drug-likeness (QED) is 0.521. The van der Waals surface area contributed by atoms with Crippen LogP contribution in [0.5, 0.6) is 0 Å². The summed E-state index contributed by atoms with van der Waals surface area (Å²) < 4.78 is 0. The predicted octanol–water partition coefficient (Wildman–Crippen LogP) is 3.13. The van der Waals surface area contributed by atoms with Crippen molar-refractivity contribution < 1.29 is 9.59 Å². The number of rotatable bonds is 9. The van der Waals surface area contributed by atoms with Crippen molar-refractivity contribution in [1.29, 1.82) is 0 Å². The van der Waals surface area contributed by atoms with Crippen molar-refractivity contribution in [3.8, 4) is 0 Å². The number of thioether (sulfide) groups is 2. The number of fused-ring (bicyclic) bond motifs is 1. The average Bonchev–Trinajstić information content (AvgIpc) is 3.06. The van der Waals surface area contributed by atoms with E-state index in [9.17, 15) is 9.59 Å². The number of aldehydes is 1. The molecule has 4 atom stereocenters. The highest BCUT2D eigenvalue weighted by molar-refractivity contribution is 8.05. The smallest absolute Gasteiger partial charge is 0.233 e. The molecule has 2 aliphatic rings. The Hall–Kier alpha value is -0.160. The van der Waals surface area contributed by atoms with E-state index in [1.165, 1.54) is 32.1 Å². The van der Waals surface area contributed by atoms with Crippen molar-refractivity contribution >= 4 is 35.7 Å². The van der Waals surface area contributed by atoms with E-state index in [-0.39, 0.29) is 17.1 Å². The highest BCUT2D eigenvalue weighted by Gasteiger charge is 2.49. The third-order valence-corrected chi connectivity index (χ3v) is 7.59. The Bertz CT molecular complexity index is 351. The van der Waals surface area contributed by atoms with E-state index in [2.05, 4.69) is 12.2 Å². The summed E-state index contributed by atoms with van der Waals surface area (Å²) in [6.07, 6.45) is 8.42. The Morgan fingerprint density at radius 2 is 1.95 bits per heavy atom. The van der Waals surface area contributed by atoms with Gasteiger partial charge in [-0.3, -0.25) is 4.79 Å². The van der Waals surface area contributed by atoms with Gasteiger partial charge in [-0.15, -0.1) is 11.8 Å². The molecule has 2 heterocycles. The number of hydrogen-bond donors (Lipinski definition) is 1. The molecule has 1 amide bonds. The summed E-state index contributed by atoms with van der Waals surface area (Å²) in [5.74, 6) is 2.58. The van der Waals surface area contributed by atoms with Gasteiger partial charge in [0.25, 0.3) is 0 Å². The van der Waals surface area contributed by atoms with Gasteiger partial charge in [0.05, 0.1) is 5.25 Å². The lowest BCUT2D eigenvalue weighted by molar-refractivity contribution is -0.124. The van der Waals surface area contributed by atoms with E-state index in [1.54, 1.807) is 11.8 Å². The van der Waals surface area contributed by atoms with Crippen molar-refractivity contribution in [3.05, 3.63) is 0 Å². The van der Waals surface area contributed by atoms with Gasteiger partial charge >= 0.3 is 0 Å². The number of carbonyl (C=O) groups excluding carboxylic acids is 2. The van der Waals surface area contributed by atoms with Crippen LogP contribution < -0.4 is 5.32 Å². The first kappa shape index (κ1) is 17.2. The largest absolute Gasteiger partial charge is 0.355 e. The van der Waals surface area contributed by atoms with E-state index < -0.39 is 0 Å². The number of amides is 1. The molecule has 0 bridgehead atoms. The van der Waals surface area contributed by atoms with Crippen molar-refractivity contribution in [3.63, 3.8) is 0 Å². The summed E-state index contributed by atoms with van der Waals surface area (Å²) in [5.41, 5.74) is 0. The fourth-order valence-corrected chi connectivity index (χ4v) is 6.76. The van der Waals surface area contributed by atoms with Crippen LogP contribution in [0.2, 0.25) is 0 Å². The third kappa shape index (κ3) is 4.65. The van der Waals surface area contributed by atoms with Gasteiger partial charge in [-0.1, -0.05) is 39.0 Å². The van der Waals surface area contributed by atoms with E-state index in [0.29, 0.717) is 11.2 Å². The second-order valence-electron chi connectivity index (χ2n) is 6.07. The lowest BCUT2D eigenvalue weighted by Gasteiger charge is -2.16. The molecule has 0 saturated carbocycles. The highest BCUT2D eigenvalue weighted by Crippen LogP contribution is 2.48. The van der Waals surface area contributed by atoms with Gasteiger partial charge in [0.2, 0.25) is 5.91 Å². The number of hydrogen-bond acceptors (Lipinski definition) is 4. The lowest BCUT2D eigenvalue weighted by atomic mass is 9.90. The molecule has 2 rings (SSSR count). The normalized spacial score (nSPS) is 31.1. The van der Waals surface area contributed by atoms with E-state index in [1.807, 2.05) is 11.8 Å². The molecule has 1 N–H and O–H groups in total. The molecule has 120 valence electrons. The van der Waals surface area contributed by atoms with Crippen molar-refractivity contribution in [2.75, 3.05) is 18.1 Å². The van der Waals surface area contributed by atoms with Gasteiger partial charge in [0.15, 0.2) is 0 Å². The molecule has 0 aromatic carbocycles. The van der Waals surface area contributed by atoms with Crippen molar-refractivity contribution in [2.45, 2.75) is 55.9 Å². The molecular weight excluding hydrogens is 302 g/mol. The molecule has 4 unspecified atom stereocenters. The lowest BCUT2D eigenvalue weighted by Crippen LogP contribution is -2.38. The maximum Gasteiger partial charge on any atom is 0.233 e. The van der Waals surface area contributed by atoms with Crippen molar-refractivity contribution in [2.24, 2.45) is 11.8 Å². The van der Waals surface area contributed by atoms with Crippen LogP contribution in [0.4, 0.5) is 0 Å². The summed E-state index contributed by atoms with van der Waals surface area (Å²) in [4.78, 5) is 23.6. The third-order valence-electron chi connectivity index (χ3n) is 4.48. The molecule has 2 saturated heterocycles. The Kier molecular flexibility index (Phi) is 7.44. The zero-order valence-electron chi connectivity index (χ0n) is 12.9. The van der Waals surface area contributed by atoms with Crippen LogP contribution in [0.1, 0.15) is 45.4 Å². The topological polar surface area (TPSA) is 46.2 Å². The fourth-order valence-electron chi connectivity index (χ4n) is 3.18. The van der Waals surface area contributed by atoms with E-state index in [4.69, 9.17) is 0 Å². The number of unbranched alkanes of at least 4 members (excludes halogenated alkanes) is 5. The molecule has 2 fully saturated rings. The average molecular weight is 330 g/mol. The molecule has 5 heteroatoms. The molecule has 21 heavy (non-hydrogen) atoms. The highest BCUT2D eigenvalue weighted by atomic mass is 32.2.